The standard InChI is InChI=1S/C10H10F3NO2.ClH/c11-10(12,13)9(14)6-1-2-7-8(5-6)16-4-3-15-7;/h1-2,5,9H,3-4,14H2;1H. The molecule has 0 fully saturated rings. The number of hydrogen-bond acceptors (Lipinski definition) is 3. The normalized spacial score (nSPS) is 16.0. The lowest BCUT2D eigenvalue weighted by molar-refractivity contribution is -0.149. The van der Waals surface area contributed by atoms with Gasteiger partial charge in [0.05, 0.1) is 0 Å². The summed E-state index contributed by atoms with van der Waals surface area (Å²) >= 11 is 0. The Labute approximate surface area is 102 Å². The summed E-state index contributed by atoms with van der Waals surface area (Å²) in [5.74, 6) is 0.757. The first kappa shape index (κ1) is 13.9. The van der Waals surface area contributed by atoms with Crippen LogP contribution in [0.5, 0.6) is 11.5 Å². The maximum atomic E-state index is 12.4. The van der Waals surface area contributed by atoms with E-state index in [1.807, 2.05) is 0 Å². The van der Waals surface area contributed by atoms with Gasteiger partial charge in [0.2, 0.25) is 0 Å². The maximum Gasteiger partial charge on any atom is 0.407 e. The fourth-order valence-corrected chi connectivity index (χ4v) is 1.44. The third-order valence-electron chi connectivity index (χ3n) is 2.28. The van der Waals surface area contributed by atoms with E-state index in [1.54, 1.807) is 0 Å². The van der Waals surface area contributed by atoms with Crippen LogP contribution in [0.2, 0.25) is 0 Å². The fourth-order valence-electron chi connectivity index (χ4n) is 1.44. The Hall–Kier alpha value is -1.14. The SMILES string of the molecule is Cl.NC(c1ccc2c(c1)OCCO2)C(F)(F)F. The Morgan fingerprint density at radius 1 is 1.12 bits per heavy atom. The van der Waals surface area contributed by atoms with E-state index in [1.165, 1.54) is 18.2 Å². The zero-order valence-corrected chi connectivity index (χ0v) is 9.48. The molecular formula is C10H11ClF3NO2. The lowest BCUT2D eigenvalue weighted by Crippen LogP contribution is -2.28. The highest BCUT2D eigenvalue weighted by molar-refractivity contribution is 5.85. The largest absolute Gasteiger partial charge is 0.486 e. The van der Waals surface area contributed by atoms with Crippen LogP contribution in [0.4, 0.5) is 13.2 Å². The summed E-state index contributed by atoms with van der Waals surface area (Å²) in [5.41, 5.74) is 5.05. The average Bonchev–Trinajstić information content (AvgIpc) is 2.26. The molecule has 0 spiro atoms. The van der Waals surface area contributed by atoms with Crippen LogP contribution in [0, 0.1) is 0 Å². The van der Waals surface area contributed by atoms with Crippen LogP contribution in [0.3, 0.4) is 0 Å². The van der Waals surface area contributed by atoms with Crippen molar-refractivity contribution in [3.8, 4) is 11.5 Å². The number of alkyl halides is 3. The minimum Gasteiger partial charge on any atom is -0.486 e. The Kier molecular flexibility index (Phi) is 4.11. The topological polar surface area (TPSA) is 44.5 Å². The second kappa shape index (κ2) is 5.01. The third-order valence-corrected chi connectivity index (χ3v) is 2.28. The first-order valence-electron chi connectivity index (χ1n) is 4.70. The van der Waals surface area contributed by atoms with E-state index in [0.717, 1.165) is 0 Å². The number of ether oxygens (including phenoxy) is 2. The minimum absolute atomic E-state index is 0. The molecule has 17 heavy (non-hydrogen) atoms. The Bertz CT molecular complexity index is 398. The molecule has 0 saturated heterocycles. The smallest absolute Gasteiger partial charge is 0.407 e. The van der Waals surface area contributed by atoms with Crippen molar-refractivity contribution in [1.82, 2.24) is 0 Å². The summed E-state index contributed by atoms with van der Waals surface area (Å²) in [5, 5.41) is 0. The van der Waals surface area contributed by atoms with E-state index in [-0.39, 0.29) is 18.0 Å². The highest BCUT2D eigenvalue weighted by Crippen LogP contribution is 2.36. The van der Waals surface area contributed by atoms with Crippen LogP contribution in [-0.2, 0) is 0 Å². The van der Waals surface area contributed by atoms with Crippen LogP contribution in [-0.4, -0.2) is 19.4 Å². The van der Waals surface area contributed by atoms with Crippen LogP contribution < -0.4 is 15.2 Å². The molecule has 0 aromatic heterocycles. The predicted molar refractivity (Wildman–Crippen MR) is 57.7 cm³/mol. The summed E-state index contributed by atoms with van der Waals surface area (Å²) in [4.78, 5) is 0. The number of benzene rings is 1. The van der Waals surface area contributed by atoms with Crippen LogP contribution in [0.15, 0.2) is 18.2 Å². The molecule has 1 aliphatic heterocycles. The number of fused-ring (bicyclic) bond motifs is 1. The van der Waals surface area contributed by atoms with Gasteiger partial charge in [0.1, 0.15) is 19.3 Å². The third kappa shape index (κ3) is 2.95. The van der Waals surface area contributed by atoms with Gasteiger partial charge in [0.25, 0.3) is 0 Å². The number of hydrogen-bond donors (Lipinski definition) is 1. The molecule has 2 rings (SSSR count). The Morgan fingerprint density at radius 2 is 1.71 bits per heavy atom. The minimum atomic E-state index is -4.45. The fraction of sp³-hybridized carbons (Fsp3) is 0.400. The number of nitrogens with two attached hydrogens (primary N) is 1. The van der Waals surface area contributed by atoms with Crippen molar-refractivity contribution in [3.63, 3.8) is 0 Å². The van der Waals surface area contributed by atoms with Gasteiger partial charge in [-0.1, -0.05) is 6.07 Å². The van der Waals surface area contributed by atoms with Crippen LogP contribution in [0.25, 0.3) is 0 Å². The lowest BCUT2D eigenvalue weighted by atomic mass is 10.1. The summed E-state index contributed by atoms with van der Waals surface area (Å²) in [6.07, 6.45) is -4.45. The van der Waals surface area contributed by atoms with Gasteiger partial charge in [-0.3, -0.25) is 0 Å². The van der Waals surface area contributed by atoms with Crippen molar-refractivity contribution < 1.29 is 22.6 Å². The van der Waals surface area contributed by atoms with E-state index < -0.39 is 12.2 Å². The highest BCUT2D eigenvalue weighted by atomic mass is 35.5. The van der Waals surface area contributed by atoms with Gasteiger partial charge in [0.15, 0.2) is 11.5 Å². The zero-order valence-electron chi connectivity index (χ0n) is 8.66. The first-order valence-corrected chi connectivity index (χ1v) is 4.70. The molecule has 7 heteroatoms. The molecule has 1 atom stereocenters. The molecule has 0 saturated carbocycles. The number of halogens is 4. The lowest BCUT2D eigenvalue weighted by Gasteiger charge is -2.21. The molecule has 0 aliphatic carbocycles. The highest BCUT2D eigenvalue weighted by Gasteiger charge is 2.38. The molecule has 1 heterocycles. The molecule has 0 radical (unpaired) electrons. The van der Waals surface area contributed by atoms with Gasteiger partial charge < -0.3 is 15.2 Å². The molecule has 1 aromatic carbocycles. The van der Waals surface area contributed by atoms with Gasteiger partial charge in [-0.05, 0) is 17.7 Å². The molecule has 96 valence electrons. The first-order chi connectivity index (χ1) is 7.48. The van der Waals surface area contributed by atoms with Gasteiger partial charge in [0, 0.05) is 0 Å². The van der Waals surface area contributed by atoms with Crippen molar-refractivity contribution in [2.45, 2.75) is 12.2 Å². The van der Waals surface area contributed by atoms with Crippen LogP contribution in [0.1, 0.15) is 11.6 Å². The predicted octanol–water partition coefficient (Wildman–Crippen LogP) is 2.44. The monoisotopic (exact) mass is 269 g/mol. The Morgan fingerprint density at radius 3 is 2.29 bits per heavy atom. The van der Waals surface area contributed by atoms with Gasteiger partial charge in [-0.15, -0.1) is 12.4 Å². The molecule has 1 aromatic rings. The number of rotatable bonds is 1. The maximum absolute atomic E-state index is 12.4. The summed E-state index contributed by atoms with van der Waals surface area (Å²) < 4.78 is 47.5. The molecule has 0 amide bonds. The van der Waals surface area contributed by atoms with Gasteiger partial charge >= 0.3 is 6.18 Å². The van der Waals surface area contributed by atoms with E-state index in [9.17, 15) is 13.2 Å². The van der Waals surface area contributed by atoms with Crippen molar-refractivity contribution in [3.05, 3.63) is 23.8 Å². The van der Waals surface area contributed by atoms with Crippen molar-refractivity contribution >= 4 is 12.4 Å². The molecule has 1 unspecified atom stereocenters. The quantitative estimate of drug-likeness (QED) is 0.852. The van der Waals surface area contributed by atoms with Crippen molar-refractivity contribution in [1.29, 1.82) is 0 Å². The van der Waals surface area contributed by atoms with E-state index in [0.29, 0.717) is 24.7 Å². The van der Waals surface area contributed by atoms with Crippen molar-refractivity contribution in [2.75, 3.05) is 13.2 Å². The zero-order chi connectivity index (χ0) is 11.8. The van der Waals surface area contributed by atoms with E-state index in [2.05, 4.69) is 0 Å². The van der Waals surface area contributed by atoms with Gasteiger partial charge in [-0.2, -0.15) is 13.2 Å². The van der Waals surface area contributed by atoms with Crippen LogP contribution >= 0.6 is 12.4 Å². The summed E-state index contributed by atoms with van der Waals surface area (Å²) in [7, 11) is 0. The summed E-state index contributed by atoms with van der Waals surface area (Å²) in [6.45, 7) is 0.732. The average molecular weight is 270 g/mol. The molecule has 1 aliphatic rings. The second-order valence-electron chi connectivity index (χ2n) is 3.42. The molecule has 2 N–H and O–H groups in total. The molecule has 3 nitrogen and oxygen atoms in total. The van der Waals surface area contributed by atoms with E-state index in [4.69, 9.17) is 15.2 Å². The second-order valence-corrected chi connectivity index (χ2v) is 3.42. The molecular weight excluding hydrogens is 259 g/mol. The molecule has 0 bridgehead atoms. The summed E-state index contributed by atoms with van der Waals surface area (Å²) in [6, 6.07) is 2.01. The van der Waals surface area contributed by atoms with Gasteiger partial charge in [-0.25, -0.2) is 0 Å². The Balaban J connectivity index is 0.00000144. The van der Waals surface area contributed by atoms with E-state index >= 15 is 0 Å². The van der Waals surface area contributed by atoms with Crippen molar-refractivity contribution in [2.24, 2.45) is 5.73 Å².